The highest BCUT2D eigenvalue weighted by molar-refractivity contribution is 9.10. The molecule has 1 saturated heterocycles. The van der Waals surface area contributed by atoms with E-state index in [-0.39, 0.29) is 5.84 Å². The summed E-state index contributed by atoms with van der Waals surface area (Å²) in [5, 5.41) is 19.9. The van der Waals surface area contributed by atoms with E-state index in [2.05, 4.69) is 33.1 Å². The number of aliphatic imine (C=N–C) groups is 1. The van der Waals surface area contributed by atoms with Crippen LogP contribution >= 0.6 is 15.9 Å². The fraction of sp³-hybridized carbons (Fsp3) is 0.438. The second-order valence-corrected chi connectivity index (χ2v) is 6.80. The molecule has 1 saturated carbocycles. The van der Waals surface area contributed by atoms with Gasteiger partial charge in [0.15, 0.2) is 5.41 Å². The number of hydrogen-bond acceptors (Lipinski definition) is 7. The lowest BCUT2D eigenvalue weighted by atomic mass is 9.94. The molecule has 0 amide bonds. The van der Waals surface area contributed by atoms with Crippen LogP contribution in [0, 0.1) is 33.5 Å². The van der Waals surface area contributed by atoms with Crippen LogP contribution in [0.15, 0.2) is 27.7 Å². The number of ether oxygens (including phenoxy) is 3. The molecule has 0 aromatic heterocycles. The second kappa shape index (κ2) is 4.70. The first-order valence-electron chi connectivity index (χ1n) is 7.32. The van der Waals surface area contributed by atoms with E-state index in [1.54, 1.807) is 13.2 Å². The van der Waals surface area contributed by atoms with Gasteiger partial charge in [-0.25, -0.2) is 4.99 Å². The maximum absolute atomic E-state index is 9.98. The summed E-state index contributed by atoms with van der Waals surface area (Å²) < 4.78 is 17.3. The van der Waals surface area contributed by atoms with E-state index in [1.807, 2.05) is 12.1 Å². The second-order valence-electron chi connectivity index (χ2n) is 5.94. The number of nitrogens with zero attached hydrogens (tertiary/aromatic N) is 3. The molecule has 3 aliphatic rings. The molecule has 7 nitrogen and oxygen atoms in total. The summed E-state index contributed by atoms with van der Waals surface area (Å²) in [6.45, 7) is 0.613. The molecule has 122 valence electrons. The Hall–Kier alpha value is -2.13. The first kappa shape index (κ1) is 15.4. The number of nitriles is 2. The van der Waals surface area contributed by atoms with Gasteiger partial charge in [0.2, 0.25) is 0 Å². The molecular formula is C16H13BrN4O3. The molecule has 0 bridgehead atoms. The van der Waals surface area contributed by atoms with Crippen molar-refractivity contribution >= 4 is 21.8 Å². The van der Waals surface area contributed by atoms with E-state index in [4.69, 9.17) is 19.9 Å². The number of rotatable bonds is 2. The van der Waals surface area contributed by atoms with Gasteiger partial charge in [-0.1, -0.05) is 6.07 Å². The summed E-state index contributed by atoms with van der Waals surface area (Å²) in [6.07, 6.45) is 0. The first-order valence-corrected chi connectivity index (χ1v) is 8.12. The SMILES string of the molecule is COc1ccc([C@@H]2[C@]3(C#N)C(N)=NC4(OCCO4)[C@]23C#N)cc1Br. The molecule has 1 aromatic rings. The van der Waals surface area contributed by atoms with Gasteiger partial charge in [0, 0.05) is 5.92 Å². The van der Waals surface area contributed by atoms with E-state index in [1.165, 1.54) is 0 Å². The first-order chi connectivity index (χ1) is 11.5. The third kappa shape index (κ3) is 1.41. The lowest BCUT2D eigenvalue weighted by molar-refractivity contribution is -0.184. The summed E-state index contributed by atoms with van der Waals surface area (Å²) in [7, 11) is 1.57. The number of amidine groups is 1. The monoisotopic (exact) mass is 388 g/mol. The maximum atomic E-state index is 9.98. The van der Waals surface area contributed by atoms with Crippen molar-refractivity contribution in [3.8, 4) is 17.9 Å². The Labute approximate surface area is 146 Å². The number of halogens is 1. The van der Waals surface area contributed by atoms with Crippen molar-refractivity contribution in [3.63, 3.8) is 0 Å². The van der Waals surface area contributed by atoms with E-state index < -0.39 is 22.7 Å². The van der Waals surface area contributed by atoms with Gasteiger partial charge < -0.3 is 19.9 Å². The van der Waals surface area contributed by atoms with Crippen molar-refractivity contribution < 1.29 is 14.2 Å². The van der Waals surface area contributed by atoms with Gasteiger partial charge in [-0.15, -0.1) is 0 Å². The molecule has 0 unspecified atom stereocenters. The van der Waals surface area contributed by atoms with Crippen LogP contribution in [0.2, 0.25) is 0 Å². The predicted molar refractivity (Wildman–Crippen MR) is 85.8 cm³/mol. The minimum atomic E-state index is -1.50. The quantitative estimate of drug-likeness (QED) is 0.823. The van der Waals surface area contributed by atoms with E-state index in [0.29, 0.717) is 19.0 Å². The maximum Gasteiger partial charge on any atom is 0.293 e. The summed E-state index contributed by atoms with van der Waals surface area (Å²) >= 11 is 3.44. The Morgan fingerprint density at radius 3 is 2.58 bits per heavy atom. The molecule has 8 heteroatoms. The fourth-order valence-electron chi connectivity index (χ4n) is 4.08. The fourth-order valence-corrected chi connectivity index (χ4v) is 4.64. The van der Waals surface area contributed by atoms with Crippen LogP contribution in [0.25, 0.3) is 0 Å². The number of hydrogen-bond donors (Lipinski definition) is 1. The zero-order valence-electron chi connectivity index (χ0n) is 12.7. The van der Waals surface area contributed by atoms with Crippen LogP contribution in [0.3, 0.4) is 0 Å². The van der Waals surface area contributed by atoms with Gasteiger partial charge in [-0.2, -0.15) is 10.5 Å². The number of methoxy groups -OCH3 is 1. The number of benzene rings is 1. The molecule has 1 aliphatic carbocycles. The van der Waals surface area contributed by atoms with Crippen LogP contribution in [0.4, 0.5) is 0 Å². The highest BCUT2D eigenvalue weighted by Crippen LogP contribution is 2.82. The zero-order valence-corrected chi connectivity index (χ0v) is 14.3. The van der Waals surface area contributed by atoms with Crippen LogP contribution < -0.4 is 10.5 Å². The molecule has 1 aromatic carbocycles. The van der Waals surface area contributed by atoms with Gasteiger partial charge in [-0.3, -0.25) is 0 Å². The minimum Gasteiger partial charge on any atom is -0.496 e. The molecule has 2 fully saturated rings. The van der Waals surface area contributed by atoms with Crippen LogP contribution in [0.1, 0.15) is 11.5 Å². The van der Waals surface area contributed by atoms with Gasteiger partial charge in [0.05, 0.1) is 36.9 Å². The van der Waals surface area contributed by atoms with Crippen molar-refractivity contribution in [3.05, 3.63) is 28.2 Å². The van der Waals surface area contributed by atoms with Gasteiger partial charge in [0.1, 0.15) is 17.0 Å². The molecule has 2 N–H and O–H groups in total. The van der Waals surface area contributed by atoms with Gasteiger partial charge in [-0.05, 0) is 33.6 Å². The lowest BCUT2D eigenvalue weighted by Gasteiger charge is -2.25. The predicted octanol–water partition coefficient (Wildman–Crippen LogP) is 1.65. The minimum absolute atomic E-state index is 0.0883. The van der Waals surface area contributed by atoms with Crippen LogP contribution in [-0.2, 0) is 9.47 Å². The van der Waals surface area contributed by atoms with Crippen molar-refractivity contribution in [1.29, 1.82) is 10.5 Å². The molecule has 24 heavy (non-hydrogen) atoms. The standard InChI is InChI=1S/C16H13BrN4O3/c1-22-11-3-2-9(6-10(11)17)12-14(7-18)13(20)21-16(15(12,14)8-19)23-4-5-24-16/h2-3,6,12H,4-5H2,1H3,(H2,20,21)/t12-,14-,15-/m1/s1. The van der Waals surface area contributed by atoms with Crippen LogP contribution in [-0.4, -0.2) is 32.1 Å². The Balaban J connectivity index is 1.89. The molecular weight excluding hydrogens is 376 g/mol. The van der Waals surface area contributed by atoms with Gasteiger partial charge in [0.25, 0.3) is 5.91 Å². The topological polar surface area (TPSA) is 114 Å². The molecule has 2 heterocycles. The summed E-state index contributed by atoms with van der Waals surface area (Å²) in [5.74, 6) is -1.24. The highest BCUT2D eigenvalue weighted by atomic mass is 79.9. The van der Waals surface area contributed by atoms with Crippen molar-refractivity contribution in [1.82, 2.24) is 0 Å². The largest absolute Gasteiger partial charge is 0.496 e. The summed E-state index contributed by atoms with van der Waals surface area (Å²) in [5.41, 5.74) is 4.32. The molecule has 4 rings (SSSR count). The van der Waals surface area contributed by atoms with Crippen molar-refractivity contribution in [2.45, 2.75) is 11.8 Å². The average Bonchev–Trinajstić information content (AvgIpc) is 2.84. The van der Waals surface area contributed by atoms with Crippen molar-refractivity contribution in [2.75, 3.05) is 20.3 Å². The van der Waals surface area contributed by atoms with Gasteiger partial charge >= 0.3 is 0 Å². The third-order valence-corrected chi connectivity index (χ3v) is 5.74. The highest BCUT2D eigenvalue weighted by Gasteiger charge is 2.94. The smallest absolute Gasteiger partial charge is 0.293 e. The Bertz CT molecular complexity index is 852. The normalized spacial score (nSPS) is 35.0. The van der Waals surface area contributed by atoms with E-state index >= 15 is 0 Å². The van der Waals surface area contributed by atoms with E-state index in [0.717, 1.165) is 10.0 Å². The summed E-state index contributed by atoms with van der Waals surface area (Å²) in [4.78, 5) is 4.24. The number of nitrogens with two attached hydrogens (primary N) is 1. The number of fused-ring (bicyclic) bond motifs is 2. The Morgan fingerprint density at radius 1 is 1.33 bits per heavy atom. The van der Waals surface area contributed by atoms with Crippen LogP contribution in [0.5, 0.6) is 5.75 Å². The molecule has 1 spiro atoms. The zero-order chi connectivity index (χ0) is 17.2. The molecule has 2 aliphatic heterocycles. The molecule has 0 radical (unpaired) electrons. The summed E-state index contributed by atoms with van der Waals surface area (Å²) in [6, 6.07) is 9.90. The third-order valence-electron chi connectivity index (χ3n) is 5.12. The average molecular weight is 389 g/mol. The molecule has 3 atom stereocenters. The van der Waals surface area contributed by atoms with Crippen molar-refractivity contribution in [2.24, 2.45) is 21.6 Å². The lowest BCUT2D eigenvalue weighted by Crippen LogP contribution is -2.38. The Kier molecular flexibility index (Phi) is 3.02. The Morgan fingerprint density at radius 2 is 2.04 bits per heavy atom. The van der Waals surface area contributed by atoms with E-state index in [9.17, 15) is 10.5 Å².